The fraction of sp³-hybridized carbons (Fsp3) is 0.200. The minimum Gasteiger partial charge on any atom is -0.497 e. The fourth-order valence-electron chi connectivity index (χ4n) is 2.80. The summed E-state index contributed by atoms with van der Waals surface area (Å²) in [7, 11) is 1.63. The zero-order valence-corrected chi connectivity index (χ0v) is 14.5. The maximum atomic E-state index is 12.6. The number of H-pyrrole nitrogens is 1. The van der Waals surface area contributed by atoms with Crippen molar-refractivity contribution < 1.29 is 9.53 Å². The predicted molar refractivity (Wildman–Crippen MR) is 97.6 cm³/mol. The van der Waals surface area contributed by atoms with Crippen LogP contribution in [0.4, 0.5) is 0 Å². The van der Waals surface area contributed by atoms with Gasteiger partial charge < -0.3 is 10.1 Å². The Bertz CT molecular complexity index is 872. The maximum Gasteiger partial charge on any atom is 0.251 e. The molecule has 0 aliphatic rings. The lowest BCUT2D eigenvalue weighted by molar-refractivity contribution is 0.0939. The molecule has 0 aliphatic carbocycles. The molecule has 25 heavy (non-hydrogen) atoms. The van der Waals surface area contributed by atoms with Crippen molar-refractivity contribution in [2.45, 2.75) is 19.9 Å². The summed E-state index contributed by atoms with van der Waals surface area (Å²) in [5.74, 6) is 0.677. The minimum atomic E-state index is -0.114. The molecule has 5 heteroatoms. The van der Waals surface area contributed by atoms with Gasteiger partial charge in [-0.3, -0.25) is 9.89 Å². The van der Waals surface area contributed by atoms with Gasteiger partial charge in [0.1, 0.15) is 5.75 Å². The van der Waals surface area contributed by atoms with E-state index in [9.17, 15) is 4.79 Å². The lowest BCUT2D eigenvalue weighted by atomic mass is 10.00. The molecule has 0 aliphatic heterocycles. The Labute approximate surface area is 147 Å². The van der Waals surface area contributed by atoms with Gasteiger partial charge in [-0.2, -0.15) is 5.10 Å². The molecule has 0 radical (unpaired) electrons. The number of hydrogen-bond donors (Lipinski definition) is 2. The zero-order valence-electron chi connectivity index (χ0n) is 14.5. The predicted octanol–water partition coefficient (Wildman–Crippen LogP) is 3.88. The van der Waals surface area contributed by atoms with E-state index in [0.29, 0.717) is 5.56 Å². The van der Waals surface area contributed by atoms with Gasteiger partial charge in [0.2, 0.25) is 0 Å². The molecule has 0 saturated carbocycles. The van der Waals surface area contributed by atoms with E-state index < -0.39 is 0 Å². The summed E-state index contributed by atoms with van der Waals surface area (Å²) in [5.41, 5.74) is 4.74. The van der Waals surface area contributed by atoms with Crippen molar-refractivity contribution in [1.82, 2.24) is 15.5 Å². The number of aromatic amines is 1. The Morgan fingerprint density at radius 3 is 2.76 bits per heavy atom. The molecule has 2 aromatic carbocycles. The molecule has 128 valence electrons. The van der Waals surface area contributed by atoms with Gasteiger partial charge in [0, 0.05) is 17.3 Å². The maximum absolute atomic E-state index is 12.6. The van der Waals surface area contributed by atoms with Gasteiger partial charge in [0.15, 0.2) is 0 Å². The molecule has 0 unspecified atom stereocenters. The van der Waals surface area contributed by atoms with Crippen molar-refractivity contribution >= 4 is 5.91 Å². The highest BCUT2D eigenvalue weighted by molar-refractivity contribution is 5.95. The van der Waals surface area contributed by atoms with Gasteiger partial charge in [0.25, 0.3) is 5.91 Å². The van der Waals surface area contributed by atoms with Gasteiger partial charge in [-0.1, -0.05) is 18.2 Å². The second kappa shape index (κ2) is 7.21. The van der Waals surface area contributed by atoms with E-state index in [0.717, 1.165) is 28.0 Å². The molecule has 3 aromatic rings. The Kier molecular flexibility index (Phi) is 4.84. The molecule has 5 nitrogen and oxygen atoms in total. The van der Waals surface area contributed by atoms with Crippen molar-refractivity contribution in [2.24, 2.45) is 0 Å². The number of rotatable bonds is 5. The van der Waals surface area contributed by atoms with Crippen molar-refractivity contribution in [3.63, 3.8) is 0 Å². The van der Waals surface area contributed by atoms with E-state index in [4.69, 9.17) is 4.74 Å². The molecule has 1 aromatic heterocycles. The molecule has 0 saturated heterocycles. The first-order chi connectivity index (χ1) is 12.1. The number of aromatic nitrogens is 2. The van der Waals surface area contributed by atoms with Crippen LogP contribution < -0.4 is 10.1 Å². The Balaban J connectivity index is 1.75. The Morgan fingerprint density at radius 2 is 2.08 bits per heavy atom. The number of amides is 1. The van der Waals surface area contributed by atoms with E-state index >= 15 is 0 Å². The molecular formula is C20H21N3O2. The summed E-state index contributed by atoms with van der Waals surface area (Å²) in [6.45, 7) is 3.95. The molecule has 0 fully saturated rings. The second-order valence-corrected chi connectivity index (χ2v) is 5.99. The number of carbonyl (C=O) groups is 1. The number of ether oxygens (including phenoxy) is 1. The smallest absolute Gasteiger partial charge is 0.251 e. The second-order valence-electron chi connectivity index (χ2n) is 5.99. The van der Waals surface area contributed by atoms with Gasteiger partial charge in [0.05, 0.1) is 19.3 Å². The normalized spacial score (nSPS) is 11.8. The molecular weight excluding hydrogens is 314 g/mol. The van der Waals surface area contributed by atoms with Crippen molar-refractivity contribution in [2.75, 3.05) is 7.11 Å². The molecule has 3 rings (SSSR count). The highest BCUT2D eigenvalue weighted by Gasteiger charge is 2.13. The highest BCUT2D eigenvalue weighted by Crippen LogP contribution is 2.24. The number of aryl methyl sites for hydroxylation is 1. The van der Waals surface area contributed by atoms with Gasteiger partial charge in [-0.25, -0.2) is 0 Å². The van der Waals surface area contributed by atoms with Crippen LogP contribution in [0.3, 0.4) is 0 Å². The molecule has 2 N–H and O–H groups in total. The summed E-state index contributed by atoms with van der Waals surface area (Å²) in [4.78, 5) is 12.6. The van der Waals surface area contributed by atoms with Crippen LogP contribution in [0.2, 0.25) is 0 Å². The average molecular weight is 335 g/mol. The summed E-state index contributed by atoms with van der Waals surface area (Å²) >= 11 is 0. The molecule has 1 heterocycles. The SMILES string of the molecule is COc1cccc([C@@H](C)NC(=O)c2ccc(-c3cn[nH]c3)c(C)c2)c1. The van der Waals surface area contributed by atoms with Crippen LogP contribution in [0.1, 0.15) is 34.5 Å². The van der Waals surface area contributed by atoms with E-state index in [1.165, 1.54) is 0 Å². The van der Waals surface area contributed by atoms with E-state index in [-0.39, 0.29) is 11.9 Å². The first-order valence-electron chi connectivity index (χ1n) is 8.13. The average Bonchev–Trinajstić information content (AvgIpc) is 3.16. The number of benzene rings is 2. The summed E-state index contributed by atoms with van der Waals surface area (Å²) in [5, 5.41) is 9.81. The highest BCUT2D eigenvalue weighted by atomic mass is 16.5. The number of nitrogens with one attached hydrogen (secondary N) is 2. The van der Waals surface area contributed by atoms with Crippen LogP contribution in [-0.4, -0.2) is 23.2 Å². The molecule has 1 amide bonds. The Morgan fingerprint density at radius 1 is 1.24 bits per heavy atom. The summed E-state index contributed by atoms with van der Waals surface area (Å²) < 4.78 is 5.24. The first-order valence-corrected chi connectivity index (χ1v) is 8.13. The van der Waals surface area contributed by atoms with Gasteiger partial charge in [-0.15, -0.1) is 0 Å². The van der Waals surface area contributed by atoms with Gasteiger partial charge in [-0.05, 0) is 54.8 Å². The van der Waals surface area contributed by atoms with Gasteiger partial charge >= 0.3 is 0 Å². The Hall–Kier alpha value is -3.08. The fourth-order valence-corrected chi connectivity index (χ4v) is 2.80. The summed E-state index contributed by atoms with van der Waals surface area (Å²) in [6.07, 6.45) is 3.61. The zero-order chi connectivity index (χ0) is 17.8. The van der Waals surface area contributed by atoms with Crippen molar-refractivity contribution in [3.8, 4) is 16.9 Å². The number of hydrogen-bond acceptors (Lipinski definition) is 3. The number of nitrogens with zero attached hydrogens (tertiary/aromatic N) is 1. The van der Waals surface area contributed by atoms with Crippen LogP contribution >= 0.6 is 0 Å². The van der Waals surface area contributed by atoms with Crippen molar-refractivity contribution in [1.29, 1.82) is 0 Å². The quantitative estimate of drug-likeness (QED) is 0.743. The lowest BCUT2D eigenvalue weighted by Gasteiger charge is -2.16. The first kappa shape index (κ1) is 16.8. The third kappa shape index (κ3) is 3.71. The van der Waals surface area contributed by atoms with Crippen LogP contribution in [0.15, 0.2) is 54.9 Å². The lowest BCUT2D eigenvalue weighted by Crippen LogP contribution is -2.26. The minimum absolute atomic E-state index is 0.0998. The van der Waals surface area contributed by atoms with Crippen LogP contribution in [0.25, 0.3) is 11.1 Å². The van der Waals surface area contributed by atoms with Crippen LogP contribution in [0.5, 0.6) is 5.75 Å². The van der Waals surface area contributed by atoms with Crippen molar-refractivity contribution in [3.05, 3.63) is 71.5 Å². The monoisotopic (exact) mass is 335 g/mol. The standard InChI is InChI=1S/C20H21N3O2/c1-13-9-16(7-8-19(13)17-11-21-22-12-17)20(24)23-14(2)15-5-4-6-18(10-15)25-3/h4-12,14H,1-3H3,(H,21,22)(H,23,24)/t14-/m1/s1. The topological polar surface area (TPSA) is 67.0 Å². The van der Waals surface area contributed by atoms with E-state index in [1.807, 2.05) is 62.5 Å². The number of methoxy groups -OCH3 is 1. The number of carbonyl (C=O) groups excluding carboxylic acids is 1. The molecule has 0 spiro atoms. The van der Waals surface area contributed by atoms with Crippen LogP contribution in [0, 0.1) is 6.92 Å². The van der Waals surface area contributed by atoms with E-state index in [1.54, 1.807) is 13.3 Å². The van der Waals surface area contributed by atoms with Crippen LogP contribution in [-0.2, 0) is 0 Å². The molecule has 0 bridgehead atoms. The molecule has 1 atom stereocenters. The van der Waals surface area contributed by atoms with E-state index in [2.05, 4.69) is 15.5 Å². The third-order valence-corrected chi connectivity index (χ3v) is 4.24. The third-order valence-electron chi connectivity index (χ3n) is 4.24. The summed E-state index contributed by atoms with van der Waals surface area (Å²) in [6, 6.07) is 13.3. The largest absolute Gasteiger partial charge is 0.497 e.